The molecule has 2 N–H and O–H groups in total. The number of aryl methyl sites for hydroxylation is 2. The summed E-state index contributed by atoms with van der Waals surface area (Å²) < 4.78 is 14.9. The lowest BCUT2D eigenvalue weighted by Crippen LogP contribution is -2.33. The number of rotatable bonds is 6. The Morgan fingerprint density at radius 1 is 1.07 bits per heavy atom. The Morgan fingerprint density at radius 3 is 2.30 bits per heavy atom. The Labute approximate surface area is 175 Å². The van der Waals surface area contributed by atoms with Gasteiger partial charge in [-0.05, 0) is 55.2 Å². The van der Waals surface area contributed by atoms with E-state index in [0.29, 0.717) is 16.9 Å². The molecule has 0 aliphatic heterocycles. The Hall–Kier alpha value is -3.48. The van der Waals surface area contributed by atoms with Gasteiger partial charge >= 0.3 is 0 Å². The fraction of sp³-hybridized carbons (Fsp3) is 0.261. The summed E-state index contributed by atoms with van der Waals surface area (Å²) in [6, 6.07) is 11.7. The Balaban J connectivity index is 1.74. The standard InChI is InChI=1S/C23H25FN4O2/c1-14(2)22-19(12-26-28(22)18-10-8-17(24)9-11-18)23(30)25-13-20(29)27-21-15(3)6-5-7-16(21)4/h5-12,14H,13H2,1-4H3,(H,25,30)(H,27,29). The molecule has 156 valence electrons. The molecule has 0 aliphatic carbocycles. The van der Waals surface area contributed by atoms with E-state index in [2.05, 4.69) is 15.7 Å². The van der Waals surface area contributed by atoms with Gasteiger partial charge in [0.1, 0.15) is 5.82 Å². The molecule has 0 radical (unpaired) electrons. The van der Waals surface area contributed by atoms with Gasteiger partial charge in [-0.2, -0.15) is 5.10 Å². The molecule has 0 saturated heterocycles. The van der Waals surface area contributed by atoms with Gasteiger partial charge in [-0.3, -0.25) is 9.59 Å². The highest BCUT2D eigenvalue weighted by atomic mass is 19.1. The summed E-state index contributed by atoms with van der Waals surface area (Å²) in [5, 5.41) is 9.82. The van der Waals surface area contributed by atoms with E-state index < -0.39 is 0 Å². The third-order valence-corrected chi connectivity index (χ3v) is 4.82. The monoisotopic (exact) mass is 408 g/mol. The van der Waals surface area contributed by atoms with Crippen LogP contribution < -0.4 is 10.6 Å². The molecule has 7 heteroatoms. The number of aromatic nitrogens is 2. The number of hydrogen-bond donors (Lipinski definition) is 2. The molecule has 6 nitrogen and oxygen atoms in total. The summed E-state index contributed by atoms with van der Waals surface area (Å²) >= 11 is 0. The zero-order chi connectivity index (χ0) is 21.8. The molecular weight excluding hydrogens is 383 g/mol. The molecule has 0 fully saturated rings. The van der Waals surface area contributed by atoms with Crippen molar-refractivity contribution in [3.05, 3.63) is 76.9 Å². The first-order chi connectivity index (χ1) is 14.3. The van der Waals surface area contributed by atoms with Crippen molar-refractivity contribution in [2.24, 2.45) is 0 Å². The van der Waals surface area contributed by atoms with Crippen LogP contribution in [0.1, 0.15) is 46.9 Å². The third-order valence-electron chi connectivity index (χ3n) is 4.82. The van der Waals surface area contributed by atoms with E-state index in [4.69, 9.17) is 0 Å². The highest BCUT2D eigenvalue weighted by molar-refractivity contribution is 6.00. The van der Waals surface area contributed by atoms with Gasteiger partial charge in [-0.25, -0.2) is 9.07 Å². The summed E-state index contributed by atoms with van der Waals surface area (Å²) in [4.78, 5) is 25.1. The van der Waals surface area contributed by atoms with Crippen LogP contribution in [0.4, 0.5) is 10.1 Å². The minimum Gasteiger partial charge on any atom is -0.343 e. The van der Waals surface area contributed by atoms with Crippen LogP contribution in [0.25, 0.3) is 5.69 Å². The van der Waals surface area contributed by atoms with Crippen molar-refractivity contribution in [3.8, 4) is 5.69 Å². The number of halogens is 1. The second kappa shape index (κ2) is 8.90. The lowest BCUT2D eigenvalue weighted by Gasteiger charge is -2.14. The minimum atomic E-state index is -0.385. The zero-order valence-corrected chi connectivity index (χ0v) is 17.5. The van der Waals surface area contributed by atoms with E-state index in [9.17, 15) is 14.0 Å². The smallest absolute Gasteiger partial charge is 0.255 e. The van der Waals surface area contributed by atoms with Gasteiger partial charge in [0.15, 0.2) is 0 Å². The van der Waals surface area contributed by atoms with Crippen molar-refractivity contribution in [1.29, 1.82) is 0 Å². The van der Waals surface area contributed by atoms with Crippen LogP contribution in [-0.4, -0.2) is 28.1 Å². The van der Waals surface area contributed by atoms with Crippen molar-refractivity contribution in [2.45, 2.75) is 33.6 Å². The van der Waals surface area contributed by atoms with Crippen molar-refractivity contribution < 1.29 is 14.0 Å². The minimum absolute atomic E-state index is 0.0123. The number of hydrogen-bond acceptors (Lipinski definition) is 3. The molecule has 2 amide bonds. The normalized spacial score (nSPS) is 10.9. The molecule has 2 aromatic carbocycles. The largest absolute Gasteiger partial charge is 0.343 e. The second-order valence-electron chi connectivity index (χ2n) is 7.48. The summed E-state index contributed by atoms with van der Waals surface area (Å²) in [7, 11) is 0. The molecule has 3 aromatic rings. The molecule has 1 aromatic heterocycles. The van der Waals surface area contributed by atoms with Gasteiger partial charge in [-0.15, -0.1) is 0 Å². The fourth-order valence-electron chi connectivity index (χ4n) is 3.33. The number of nitrogens with zero attached hydrogens (tertiary/aromatic N) is 2. The second-order valence-corrected chi connectivity index (χ2v) is 7.48. The van der Waals surface area contributed by atoms with Gasteiger partial charge in [0.2, 0.25) is 5.91 Å². The number of anilines is 1. The Kier molecular flexibility index (Phi) is 6.30. The predicted octanol–water partition coefficient (Wildman–Crippen LogP) is 4.12. The lowest BCUT2D eigenvalue weighted by atomic mass is 10.0. The van der Waals surface area contributed by atoms with Crippen LogP contribution in [0.2, 0.25) is 0 Å². The Bertz CT molecular complexity index is 1050. The molecule has 30 heavy (non-hydrogen) atoms. The van der Waals surface area contributed by atoms with Crippen molar-refractivity contribution in [2.75, 3.05) is 11.9 Å². The van der Waals surface area contributed by atoms with E-state index >= 15 is 0 Å². The van der Waals surface area contributed by atoms with Crippen LogP contribution in [0.5, 0.6) is 0 Å². The van der Waals surface area contributed by atoms with Gasteiger partial charge in [0, 0.05) is 5.69 Å². The average Bonchev–Trinajstić information content (AvgIpc) is 3.15. The van der Waals surface area contributed by atoms with Gasteiger partial charge in [0.25, 0.3) is 5.91 Å². The topological polar surface area (TPSA) is 76.0 Å². The van der Waals surface area contributed by atoms with Gasteiger partial charge < -0.3 is 10.6 Å². The van der Waals surface area contributed by atoms with Crippen LogP contribution in [-0.2, 0) is 4.79 Å². The number of para-hydroxylation sites is 1. The number of carbonyl (C=O) groups excluding carboxylic acids is 2. The fourth-order valence-corrected chi connectivity index (χ4v) is 3.33. The molecular formula is C23H25FN4O2. The van der Waals surface area contributed by atoms with Crippen molar-refractivity contribution in [1.82, 2.24) is 15.1 Å². The van der Waals surface area contributed by atoms with Gasteiger partial charge in [0.05, 0.1) is 29.7 Å². The third kappa shape index (κ3) is 4.56. The average molecular weight is 408 g/mol. The molecule has 0 saturated carbocycles. The maximum Gasteiger partial charge on any atom is 0.255 e. The van der Waals surface area contributed by atoms with Crippen molar-refractivity contribution >= 4 is 17.5 Å². The van der Waals surface area contributed by atoms with E-state index in [0.717, 1.165) is 16.8 Å². The highest BCUT2D eigenvalue weighted by Gasteiger charge is 2.21. The summed E-state index contributed by atoms with van der Waals surface area (Å²) in [5.74, 6) is -1.05. The first-order valence-electron chi connectivity index (χ1n) is 9.76. The zero-order valence-electron chi connectivity index (χ0n) is 17.5. The first kappa shape index (κ1) is 21.2. The number of amides is 2. The first-order valence-corrected chi connectivity index (χ1v) is 9.76. The Morgan fingerprint density at radius 2 is 1.70 bits per heavy atom. The molecule has 1 heterocycles. The van der Waals surface area contributed by atoms with Crippen LogP contribution in [0.15, 0.2) is 48.7 Å². The number of benzene rings is 2. The molecule has 0 bridgehead atoms. The SMILES string of the molecule is Cc1cccc(C)c1NC(=O)CNC(=O)c1cnn(-c2ccc(F)cc2)c1C(C)C. The van der Waals surface area contributed by atoms with E-state index in [-0.39, 0.29) is 30.1 Å². The molecule has 0 aliphatic rings. The lowest BCUT2D eigenvalue weighted by molar-refractivity contribution is -0.115. The van der Waals surface area contributed by atoms with Gasteiger partial charge in [-0.1, -0.05) is 32.0 Å². The van der Waals surface area contributed by atoms with Crippen LogP contribution >= 0.6 is 0 Å². The highest BCUT2D eigenvalue weighted by Crippen LogP contribution is 2.23. The molecule has 0 atom stereocenters. The van der Waals surface area contributed by atoms with E-state index in [1.54, 1.807) is 16.8 Å². The van der Waals surface area contributed by atoms with E-state index in [1.807, 2.05) is 45.9 Å². The maximum atomic E-state index is 13.2. The number of nitrogens with one attached hydrogen (secondary N) is 2. The quantitative estimate of drug-likeness (QED) is 0.644. The summed E-state index contributed by atoms with van der Waals surface area (Å²) in [6.45, 7) is 7.56. The summed E-state index contributed by atoms with van der Waals surface area (Å²) in [6.07, 6.45) is 1.47. The van der Waals surface area contributed by atoms with E-state index in [1.165, 1.54) is 18.3 Å². The number of carbonyl (C=O) groups is 2. The summed E-state index contributed by atoms with van der Waals surface area (Å²) in [5.41, 5.74) is 4.40. The van der Waals surface area contributed by atoms with Crippen LogP contribution in [0, 0.1) is 19.7 Å². The van der Waals surface area contributed by atoms with Crippen LogP contribution in [0.3, 0.4) is 0 Å². The molecule has 0 spiro atoms. The molecule has 0 unspecified atom stereocenters. The predicted molar refractivity (Wildman–Crippen MR) is 114 cm³/mol. The molecule has 3 rings (SSSR count). The maximum absolute atomic E-state index is 13.2. The van der Waals surface area contributed by atoms with Crippen molar-refractivity contribution in [3.63, 3.8) is 0 Å².